The highest BCUT2D eigenvalue weighted by Gasteiger charge is 2.29. The number of carboxylic acid groups (broad SMARTS) is 1. The lowest BCUT2D eigenvalue weighted by Gasteiger charge is -2.19. The van der Waals surface area contributed by atoms with Gasteiger partial charge in [0.05, 0.1) is 12.5 Å². The molecule has 6 nitrogen and oxygen atoms in total. The van der Waals surface area contributed by atoms with Crippen LogP contribution >= 0.6 is 0 Å². The van der Waals surface area contributed by atoms with Gasteiger partial charge < -0.3 is 19.7 Å². The fourth-order valence-electron chi connectivity index (χ4n) is 4.02. The summed E-state index contributed by atoms with van der Waals surface area (Å²) in [5.74, 6) is -1.03. The Morgan fingerprint density at radius 3 is 2.21 bits per heavy atom. The van der Waals surface area contributed by atoms with Crippen molar-refractivity contribution in [3.8, 4) is 11.1 Å². The maximum Gasteiger partial charge on any atom is 0.407 e. The zero-order valence-corrected chi connectivity index (χ0v) is 16.0. The van der Waals surface area contributed by atoms with Crippen molar-refractivity contribution in [2.24, 2.45) is 7.05 Å². The number of alkyl carbamates (subject to hydrolysis) is 1. The van der Waals surface area contributed by atoms with Crippen molar-refractivity contribution in [1.82, 2.24) is 9.88 Å². The smallest absolute Gasteiger partial charge is 0.407 e. The normalized spacial score (nSPS) is 13.4. The van der Waals surface area contributed by atoms with E-state index in [1.54, 1.807) is 10.6 Å². The van der Waals surface area contributed by atoms with E-state index in [-0.39, 0.29) is 18.9 Å². The molecule has 1 aromatic heterocycles. The zero-order valence-electron chi connectivity index (χ0n) is 16.0. The van der Waals surface area contributed by atoms with Crippen molar-refractivity contribution < 1.29 is 19.4 Å². The number of carbonyl (C=O) groups excluding carboxylic acids is 1. The highest BCUT2D eigenvalue weighted by atomic mass is 16.5. The molecule has 0 aliphatic heterocycles. The Bertz CT molecular complexity index is 1010. The average Bonchev–Trinajstić information content (AvgIpc) is 3.27. The molecule has 0 saturated carbocycles. The van der Waals surface area contributed by atoms with Crippen LogP contribution in [0.4, 0.5) is 4.79 Å². The van der Waals surface area contributed by atoms with Gasteiger partial charge in [0.1, 0.15) is 6.61 Å². The van der Waals surface area contributed by atoms with Crippen molar-refractivity contribution in [2.75, 3.05) is 6.61 Å². The number of nitrogens with one attached hydrogen (secondary N) is 1. The van der Waals surface area contributed by atoms with Gasteiger partial charge in [0.2, 0.25) is 0 Å². The van der Waals surface area contributed by atoms with E-state index in [2.05, 4.69) is 29.6 Å². The van der Waals surface area contributed by atoms with Gasteiger partial charge in [-0.25, -0.2) is 4.79 Å². The van der Waals surface area contributed by atoms with Crippen LogP contribution < -0.4 is 5.32 Å². The first-order chi connectivity index (χ1) is 14.0. The predicted octanol–water partition coefficient (Wildman–Crippen LogP) is 4.08. The third-order valence-electron chi connectivity index (χ3n) is 5.36. The molecule has 4 rings (SSSR count). The van der Waals surface area contributed by atoms with Crippen molar-refractivity contribution in [2.45, 2.75) is 18.4 Å². The maximum atomic E-state index is 12.5. The number of fused-ring (bicyclic) bond motifs is 3. The molecule has 0 fully saturated rings. The molecular formula is C23H22N2O4. The molecule has 0 radical (unpaired) electrons. The summed E-state index contributed by atoms with van der Waals surface area (Å²) in [7, 11) is 1.81. The summed E-state index contributed by atoms with van der Waals surface area (Å²) in [5.41, 5.74) is 5.28. The molecule has 1 aliphatic carbocycles. The molecule has 0 bridgehead atoms. The monoisotopic (exact) mass is 390 g/mol. The van der Waals surface area contributed by atoms with Gasteiger partial charge in [0.15, 0.2) is 0 Å². The number of ether oxygens (including phenoxy) is 1. The first kappa shape index (κ1) is 18.8. The Morgan fingerprint density at radius 1 is 1.03 bits per heavy atom. The molecule has 148 valence electrons. The first-order valence-electron chi connectivity index (χ1n) is 9.49. The highest BCUT2D eigenvalue weighted by molar-refractivity contribution is 5.79. The third kappa shape index (κ3) is 3.74. The van der Waals surface area contributed by atoms with Crippen molar-refractivity contribution in [1.29, 1.82) is 0 Å². The maximum absolute atomic E-state index is 12.5. The van der Waals surface area contributed by atoms with Gasteiger partial charge in [0, 0.05) is 24.9 Å². The summed E-state index contributed by atoms with van der Waals surface area (Å²) < 4.78 is 7.33. The molecule has 1 heterocycles. The van der Waals surface area contributed by atoms with Gasteiger partial charge in [-0.15, -0.1) is 0 Å². The molecule has 0 saturated heterocycles. The van der Waals surface area contributed by atoms with Gasteiger partial charge >= 0.3 is 12.1 Å². The topological polar surface area (TPSA) is 80.6 Å². The Labute approximate surface area is 168 Å². The largest absolute Gasteiger partial charge is 0.481 e. The van der Waals surface area contributed by atoms with Crippen LogP contribution in [0.25, 0.3) is 11.1 Å². The van der Waals surface area contributed by atoms with Crippen LogP contribution in [0.1, 0.15) is 35.2 Å². The Kier molecular flexibility index (Phi) is 5.08. The van der Waals surface area contributed by atoms with Gasteiger partial charge in [-0.1, -0.05) is 48.5 Å². The number of benzene rings is 2. The number of nitrogens with zero attached hydrogens (tertiary/aromatic N) is 1. The summed E-state index contributed by atoms with van der Waals surface area (Å²) in [6.07, 6.45) is 0.963. The summed E-state index contributed by atoms with van der Waals surface area (Å²) in [6, 6.07) is 19.2. The number of hydrogen-bond acceptors (Lipinski definition) is 3. The van der Waals surface area contributed by atoms with Gasteiger partial charge in [-0.3, -0.25) is 4.79 Å². The average molecular weight is 390 g/mol. The van der Waals surface area contributed by atoms with E-state index in [0.717, 1.165) is 22.3 Å². The quantitative estimate of drug-likeness (QED) is 0.665. The highest BCUT2D eigenvalue weighted by Crippen LogP contribution is 2.44. The van der Waals surface area contributed by atoms with E-state index in [9.17, 15) is 14.7 Å². The van der Waals surface area contributed by atoms with Crippen LogP contribution in [0, 0.1) is 0 Å². The second kappa shape index (κ2) is 7.83. The van der Waals surface area contributed by atoms with Gasteiger partial charge in [0.25, 0.3) is 0 Å². The molecule has 0 spiro atoms. The number of carbonyl (C=O) groups is 2. The summed E-state index contributed by atoms with van der Waals surface area (Å²) in [5, 5.41) is 11.9. The van der Waals surface area contributed by atoms with Crippen LogP contribution in [0.5, 0.6) is 0 Å². The molecule has 2 aromatic carbocycles. The number of aryl methyl sites for hydroxylation is 1. The van der Waals surface area contributed by atoms with Crippen molar-refractivity contribution >= 4 is 12.1 Å². The number of carboxylic acids is 1. The van der Waals surface area contributed by atoms with E-state index in [1.165, 1.54) is 0 Å². The van der Waals surface area contributed by atoms with Gasteiger partial charge in [-0.2, -0.15) is 0 Å². The standard InChI is InChI=1S/C23H22N2O4/c1-25-12-6-11-21(25)20(13-22(26)27)24-23(28)29-14-19-17-9-4-2-7-15(17)16-8-3-5-10-18(16)19/h2-12,19-20H,13-14H2,1H3,(H,24,28)(H,26,27)/t20-/m1/s1. The third-order valence-corrected chi connectivity index (χ3v) is 5.36. The molecule has 3 aromatic rings. The van der Waals surface area contributed by atoms with E-state index in [1.807, 2.05) is 43.6 Å². The van der Waals surface area contributed by atoms with Crippen molar-refractivity contribution in [3.05, 3.63) is 83.7 Å². The van der Waals surface area contributed by atoms with Crippen LogP contribution in [0.2, 0.25) is 0 Å². The Balaban J connectivity index is 1.48. The molecule has 29 heavy (non-hydrogen) atoms. The van der Waals surface area contributed by atoms with Crippen LogP contribution in [-0.2, 0) is 16.6 Å². The first-order valence-corrected chi connectivity index (χ1v) is 9.49. The molecule has 1 atom stereocenters. The molecular weight excluding hydrogens is 368 g/mol. The molecule has 0 unspecified atom stereocenters. The van der Waals surface area contributed by atoms with E-state index in [0.29, 0.717) is 5.69 Å². The Hall–Kier alpha value is -3.54. The lowest BCUT2D eigenvalue weighted by molar-refractivity contribution is -0.137. The van der Waals surface area contributed by atoms with Crippen LogP contribution in [-0.4, -0.2) is 28.3 Å². The molecule has 6 heteroatoms. The van der Waals surface area contributed by atoms with E-state index < -0.39 is 18.1 Å². The number of rotatable bonds is 6. The fraction of sp³-hybridized carbons (Fsp3) is 0.217. The predicted molar refractivity (Wildman–Crippen MR) is 109 cm³/mol. The fourth-order valence-corrected chi connectivity index (χ4v) is 4.02. The molecule has 1 aliphatic rings. The van der Waals surface area contributed by atoms with E-state index >= 15 is 0 Å². The molecule has 2 N–H and O–H groups in total. The summed E-state index contributed by atoms with van der Waals surface area (Å²) in [4.78, 5) is 23.7. The summed E-state index contributed by atoms with van der Waals surface area (Å²) >= 11 is 0. The summed E-state index contributed by atoms with van der Waals surface area (Å²) in [6.45, 7) is 0.187. The van der Waals surface area contributed by atoms with Crippen LogP contribution in [0.15, 0.2) is 66.9 Å². The number of amides is 1. The van der Waals surface area contributed by atoms with E-state index in [4.69, 9.17) is 4.74 Å². The van der Waals surface area contributed by atoms with Gasteiger partial charge in [-0.05, 0) is 34.4 Å². The second-order valence-corrected chi connectivity index (χ2v) is 7.16. The zero-order chi connectivity index (χ0) is 20.4. The minimum absolute atomic E-state index is 0.0406. The lowest BCUT2D eigenvalue weighted by atomic mass is 9.98. The molecule has 1 amide bonds. The minimum atomic E-state index is -0.991. The number of hydrogen-bond donors (Lipinski definition) is 2. The minimum Gasteiger partial charge on any atom is -0.481 e. The van der Waals surface area contributed by atoms with Crippen molar-refractivity contribution in [3.63, 3.8) is 0 Å². The number of aliphatic carboxylic acids is 1. The number of aromatic nitrogens is 1. The SMILES string of the molecule is Cn1cccc1[C@@H](CC(=O)O)NC(=O)OCC1c2ccccc2-c2ccccc21. The van der Waals surface area contributed by atoms with Crippen LogP contribution in [0.3, 0.4) is 0 Å². The second-order valence-electron chi connectivity index (χ2n) is 7.16. The lowest BCUT2D eigenvalue weighted by Crippen LogP contribution is -2.32. The Morgan fingerprint density at radius 2 is 1.66 bits per heavy atom.